The van der Waals surface area contributed by atoms with Crippen molar-refractivity contribution in [1.29, 1.82) is 0 Å². The summed E-state index contributed by atoms with van der Waals surface area (Å²) in [5.41, 5.74) is 2.95. The molecule has 0 spiro atoms. The normalized spacial score (nSPS) is 10.6. The molecular formula is C27H30Cl2N2O2. The summed E-state index contributed by atoms with van der Waals surface area (Å²) in [5.74, 6) is 0.643. The fourth-order valence-electron chi connectivity index (χ4n) is 3.49. The van der Waals surface area contributed by atoms with E-state index in [4.69, 9.17) is 27.9 Å². The number of nitrogens with one attached hydrogen (secondary N) is 2. The first-order chi connectivity index (χ1) is 16.1. The predicted molar refractivity (Wildman–Crippen MR) is 139 cm³/mol. The average Bonchev–Trinajstić information content (AvgIpc) is 2.80. The molecule has 4 nitrogen and oxygen atoms in total. The zero-order valence-corrected chi connectivity index (χ0v) is 20.4. The van der Waals surface area contributed by atoms with E-state index in [9.17, 15) is 4.79 Å². The monoisotopic (exact) mass is 484 g/mol. The van der Waals surface area contributed by atoms with Gasteiger partial charge in [-0.15, -0.1) is 0 Å². The van der Waals surface area contributed by atoms with E-state index < -0.39 is 0 Å². The maximum Gasteiger partial charge on any atom is 0.228 e. The van der Waals surface area contributed by atoms with Crippen LogP contribution in [0.5, 0.6) is 5.75 Å². The van der Waals surface area contributed by atoms with Gasteiger partial charge in [0.1, 0.15) is 5.75 Å². The van der Waals surface area contributed by atoms with Crippen molar-refractivity contribution in [1.82, 2.24) is 0 Å². The van der Waals surface area contributed by atoms with E-state index in [1.54, 1.807) is 18.2 Å². The van der Waals surface area contributed by atoms with Crippen molar-refractivity contribution in [3.8, 4) is 5.75 Å². The molecule has 0 unspecified atom stereocenters. The van der Waals surface area contributed by atoms with Gasteiger partial charge in [-0.25, -0.2) is 0 Å². The summed E-state index contributed by atoms with van der Waals surface area (Å²) in [5, 5.41) is 7.26. The Labute approximate surface area is 206 Å². The summed E-state index contributed by atoms with van der Waals surface area (Å²) in [6, 6.07) is 20.5. The van der Waals surface area contributed by atoms with Gasteiger partial charge in [0.25, 0.3) is 0 Å². The lowest BCUT2D eigenvalue weighted by atomic mass is 10.1. The molecule has 6 heteroatoms. The van der Waals surface area contributed by atoms with Gasteiger partial charge in [0.05, 0.1) is 28.8 Å². The molecule has 1 amide bonds. The standard InChI is InChI=1S/C27H30Cl2N2O2/c1-2-3-4-5-8-17-33-22-13-9-12-21(19-22)30-26(32)18-20-11-6-7-16-25(20)31-27-23(28)14-10-15-24(27)29/h6-7,9-16,19,31H,2-5,8,17-18H2,1H3,(H,30,32). The molecule has 174 valence electrons. The molecular weight excluding hydrogens is 455 g/mol. The quantitative estimate of drug-likeness (QED) is 0.254. The fourth-order valence-corrected chi connectivity index (χ4v) is 3.98. The van der Waals surface area contributed by atoms with E-state index in [-0.39, 0.29) is 12.3 Å². The summed E-state index contributed by atoms with van der Waals surface area (Å²) in [4.78, 5) is 12.8. The maximum absolute atomic E-state index is 12.8. The molecule has 0 aromatic heterocycles. The first kappa shape index (κ1) is 24.9. The van der Waals surface area contributed by atoms with Gasteiger partial charge >= 0.3 is 0 Å². The SMILES string of the molecule is CCCCCCCOc1cccc(NC(=O)Cc2ccccc2Nc2c(Cl)cccc2Cl)c1. The van der Waals surface area contributed by atoms with Crippen LogP contribution in [0.15, 0.2) is 66.7 Å². The van der Waals surface area contributed by atoms with Gasteiger partial charge in [0, 0.05) is 17.4 Å². The summed E-state index contributed by atoms with van der Waals surface area (Å²) in [7, 11) is 0. The Kier molecular flexibility index (Phi) is 9.92. The summed E-state index contributed by atoms with van der Waals surface area (Å²) < 4.78 is 5.85. The number of hydrogen-bond donors (Lipinski definition) is 2. The van der Waals surface area contributed by atoms with Gasteiger partial charge in [-0.2, -0.15) is 0 Å². The highest BCUT2D eigenvalue weighted by molar-refractivity contribution is 6.39. The Morgan fingerprint density at radius 2 is 1.61 bits per heavy atom. The Balaban J connectivity index is 1.58. The molecule has 0 aliphatic carbocycles. The fraction of sp³-hybridized carbons (Fsp3) is 0.296. The van der Waals surface area contributed by atoms with Crippen molar-refractivity contribution >= 4 is 46.2 Å². The molecule has 0 saturated carbocycles. The van der Waals surface area contributed by atoms with E-state index in [1.165, 1.54) is 25.7 Å². The second-order valence-electron chi connectivity index (χ2n) is 7.89. The van der Waals surface area contributed by atoms with Crippen molar-refractivity contribution in [3.05, 3.63) is 82.3 Å². The van der Waals surface area contributed by atoms with Crippen LogP contribution >= 0.6 is 23.2 Å². The van der Waals surface area contributed by atoms with Crippen LogP contribution in [0.2, 0.25) is 10.0 Å². The molecule has 0 aliphatic rings. The largest absolute Gasteiger partial charge is 0.494 e. The van der Waals surface area contributed by atoms with Gasteiger partial charge in [0.15, 0.2) is 0 Å². The molecule has 3 rings (SSSR count). The predicted octanol–water partition coefficient (Wildman–Crippen LogP) is 8.27. The van der Waals surface area contributed by atoms with Gasteiger partial charge in [-0.1, -0.05) is 86.1 Å². The van der Waals surface area contributed by atoms with E-state index in [0.29, 0.717) is 28.0 Å². The van der Waals surface area contributed by atoms with Crippen molar-refractivity contribution in [2.24, 2.45) is 0 Å². The van der Waals surface area contributed by atoms with E-state index in [0.717, 1.165) is 23.4 Å². The highest BCUT2D eigenvalue weighted by Gasteiger charge is 2.12. The molecule has 33 heavy (non-hydrogen) atoms. The minimum absolute atomic E-state index is 0.119. The molecule has 0 bridgehead atoms. The number of carbonyl (C=O) groups excluding carboxylic acids is 1. The van der Waals surface area contributed by atoms with Crippen LogP contribution in [-0.4, -0.2) is 12.5 Å². The average molecular weight is 485 g/mol. The molecule has 0 atom stereocenters. The van der Waals surface area contributed by atoms with Crippen LogP contribution in [0.4, 0.5) is 17.1 Å². The van der Waals surface area contributed by atoms with Crippen LogP contribution in [0.1, 0.15) is 44.6 Å². The van der Waals surface area contributed by atoms with E-state index in [1.807, 2.05) is 48.5 Å². The molecule has 0 aliphatic heterocycles. The third-order valence-electron chi connectivity index (χ3n) is 5.23. The van der Waals surface area contributed by atoms with Gasteiger partial charge in [-0.3, -0.25) is 4.79 Å². The minimum atomic E-state index is -0.119. The molecule has 3 aromatic rings. The van der Waals surface area contributed by atoms with Crippen LogP contribution in [0, 0.1) is 0 Å². The molecule has 0 saturated heterocycles. The lowest BCUT2D eigenvalue weighted by Crippen LogP contribution is -2.15. The van der Waals surface area contributed by atoms with Crippen molar-refractivity contribution < 1.29 is 9.53 Å². The third-order valence-corrected chi connectivity index (χ3v) is 5.86. The van der Waals surface area contributed by atoms with Crippen LogP contribution in [0.3, 0.4) is 0 Å². The van der Waals surface area contributed by atoms with Crippen molar-refractivity contribution in [2.75, 3.05) is 17.2 Å². The first-order valence-electron chi connectivity index (χ1n) is 11.4. The van der Waals surface area contributed by atoms with Crippen LogP contribution < -0.4 is 15.4 Å². The number of benzene rings is 3. The maximum atomic E-state index is 12.8. The number of hydrogen-bond acceptors (Lipinski definition) is 3. The Morgan fingerprint density at radius 1 is 0.879 bits per heavy atom. The molecule has 2 N–H and O–H groups in total. The number of halogens is 2. The van der Waals surface area contributed by atoms with E-state index in [2.05, 4.69) is 17.6 Å². The van der Waals surface area contributed by atoms with E-state index >= 15 is 0 Å². The molecule has 0 fully saturated rings. The second kappa shape index (κ2) is 13.1. The summed E-state index contributed by atoms with van der Waals surface area (Å²) >= 11 is 12.6. The van der Waals surface area contributed by atoms with Crippen molar-refractivity contribution in [2.45, 2.75) is 45.4 Å². The Morgan fingerprint density at radius 3 is 2.39 bits per heavy atom. The van der Waals surface area contributed by atoms with Crippen LogP contribution in [-0.2, 0) is 11.2 Å². The zero-order chi connectivity index (χ0) is 23.5. The number of para-hydroxylation sites is 2. The first-order valence-corrected chi connectivity index (χ1v) is 12.1. The van der Waals surface area contributed by atoms with Crippen LogP contribution in [0.25, 0.3) is 0 Å². The lowest BCUT2D eigenvalue weighted by molar-refractivity contribution is -0.115. The number of carbonyl (C=O) groups is 1. The number of amides is 1. The highest BCUT2D eigenvalue weighted by Crippen LogP contribution is 2.33. The Bertz CT molecular complexity index is 1040. The topological polar surface area (TPSA) is 50.4 Å². The second-order valence-corrected chi connectivity index (χ2v) is 8.71. The summed E-state index contributed by atoms with van der Waals surface area (Å²) in [6.45, 7) is 2.89. The van der Waals surface area contributed by atoms with Gasteiger partial charge in [0.2, 0.25) is 5.91 Å². The highest BCUT2D eigenvalue weighted by atomic mass is 35.5. The van der Waals surface area contributed by atoms with Gasteiger partial charge < -0.3 is 15.4 Å². The number of ether oxygens (including phenoxy) is 1. The third kappa shape index (κ3) is 7.99. The number of anilines is 3. The smallest absolute Gasteiger partial charge is 0.228 e. The lowest BCUT2D eigenvalue weighted by Gasteiger charge is -2.15. The summed E-state index contributed by atoms with van der Waals surface area (Å²) in [6.07, 6.45) is 6.16. The molecule has 3 aromatic carbocycles. The molecule has 0 heterocycles. The number of unbranched alkanes of at least 4 members (excludes halogenated alkanes) is 4. The molecule has 0 radical (unpaired) electrons. The van der Waals surface area contributed by atoms with Crippen molar-refractivity contribution in [3.63, 3.8) is 0 Å². The number of rotatable bonds is 12. The van der Waals surface area contributed by atoms with Gasteiger partial charge in [-0.05, 0) is 42.3 Å². The Hall–Kier alpha value is -2.69. The minimum Gasteiger partial charge on any atom is -0.494 e. The zero-order valence-electron chi connectivity index (χ0n) is 18.9.